The maximum absolute atomic E-state index is 11.5. The van der Waals surface area contributed by atoms with Gasteiger partial charge >= 0.3 is 0 Å². The fraction of sp³-hybridized carbons (Fsp3) is 0.850. The molecule has 8 nitrogen and oxygen atoms in total. The van der Waals surface area contributed by atoms with E-state index in [4.69, 9.17) is 5.73 Å². The molecule has 3 atom stereocenters. The van der Waals surface area contributed by atoms with Gasteiger partial charge in [-0.15, -0.1) is 0 Å². The Hall–Kier alpha value is -1.67. The van der Waals surface area contributed by atoms with Crippen LogP contribution in [0.25, 0.3) is 0 Å². The van der Waals surface area contributed by atoms with Gasteiger partial charge in [-0.2, -0.15) is 0 Å². The number of nitrogens with two attached hydrogens (primary N) is 1. The number of unbranched alkanes of at least 4 members (excludes halogenated alkanes) is 1. The van der Waals surface area contributed by atoms with Crippen LogP contribution < -0.4 is 27.0 Å². The predicted molar refractivity (Wildman–Crippen MR) is 115 cm³/mol. The summed E-state index contributed by atoms with van der Waals surface area (Å²) in [7, 11) is 1.69. The molecule has 8 heteroatoms. The monoisotopic (exact) mass is 401 g/mol. The second-order valence-electron chi connectivity index (χ2n) is 7.79. The molecule has 166 valence electrons. The van der Waals surface area contributed by atoms with Crippen molar-refractivity contribution in [2.45, 2.75) is 91.9 Å². The summed E-state index contributed by atoms with van der Waals surface area (Å²) in [5.41, 5.74) is 5.20. The standard InChI is InChI=1S/C10H21N3O2.C10H22N2O/c1-6(2)5-8(9(11)14)13-10(15)7(3)12-4;1-5-6-7-11-10(13)9(4)12-8(2)3/h6-8,12H,5H2,1-4H3,(H2,11,14)(H,13,15);8-9,12H,5-7H2,1-4H3,(H,11,13)/t7-,8-;9-/m00/s1. The van der Waals surface area contributed by atoms with Crippen molar-refractivity contribution >= 4 is 17.7 Å². The van der Waals surface area contributed by atoms with E-state index in [0.717, 1.165) is 19.4 Å². The van der Waals surface area contributed by atoms with Gasteiger partial charge in [0, 0.05) is 12.6 Å². The maximum Gasteiger partial charge on any atom is 0.240 e. The number of primary amides is 1. The van der Waals surface area contributed by atoms with Crippen LogP contribution >= 0.6 is 0 Å². The average molecular weight is 402 g/mol. The summed E-state index contributed by atoms with van der Waals surface area (Å²) in [6, 6.07) is -0.629. The summed E-state index contributed by atoms with van der Waals surface area (Å²) in [6.07, 6.45) is 2.74. The molecule has 0 aliphatic carbocycles. The number of hydrogen-bond acceptors (Lipinski definition) is 5. The smallest absolute Gasteiger partial charge is 0.240 e. The number of likely N-dealkylation sites (N-methyl/N-ethyl adjacent to an activating group) is 1. The Morgan fingerprint density at radius 1 is 0.929 bits per heavy atom. The molecule has 28 heavy (non-hydrogen) atoms. The van der Waals surface area contributed by atoms with Gasteiger partial charge in [-0.1, -0.05) is 41.0 Å². The molecule has 0 heterocycles. The number of rotatable bonds is 12. The van der Waals surface area contributed by atoms with Crippen LogP contribution in [0.3, 0.4) is 0 Å². The molecule has 0 aromatic rings. The fourth-order valence-corrected chi connectivity index (χ4v) is 2.26. The van der Waals surface area contributed by atoms with Gasteiger partial charge in [0.1, 0.15) is 6.04 Å². The summed E-state index contributed by atoms with van der Waals surface area (Å²) in [6.45, 7) is 14.5. The third-order valence-corrected chi connectivity index (χ3v) is 4.00. The van der Waals surface area contributed by atoms with Gasteiger partial charge in [0.15, 0.2) is 0 Å². The third kappa shape index (κ3) is 15.4. The van der Waals surface area contributed by atoms with E-state index in [1.807, 2.05) is 34.6 Å². The highest BCUT2D eigenvalue weighted by molar-refractivity contribution is 5.88. The fourth-order valence-electron chi connectivity index (χ4n) is 2.26. The molecule has 0 saturated carbocycles. The zero-order valence-electron chi connectivity index (χ0n) is 19.0. The Balaban J connectivity index is 0. The van der Waals surface area contributed by atoms with E-state index in [0.29, 0.717) is 18.4 Å². The first kappa shape index (κ1) is 28.5. The largest absolute Gasteiger partial charge is 0.368 e. The van der Waals surface area contributed by atoms with Crippen LogP contribution in [0.2, 0.25) is 0 Å². The lowest BCUT2D eigenvalue weighted by atomic mass is 10.0. The lowest BCUT2D eigenvalue weighted by molar-refractivity contribution is -0.128. The SMILES string of the molecule is CCCCNC(=O)[C@H](C)NC(C)C.CN[C@@H](C)C(=O)N[C@@H](CC(C)C)C(N)=O. The van der Waals surface area contributed by atoms with Crippen molar-refractivity contribution in [3.63, 3.8) is 0 Å². The highest BCUT2D eigenvalue weighted by atomic mass is 16.2. The zero-order valence-corrected chi connectivity index (χ0v) is 19.0. The van der Waals surface area contributed by atoms with Crippen LogP contribution in [0.1, 0.15) is 67.7 Å². The van der Waals surface area contributed by atoms with Crippen molar-refractivity contribution < 1.29 is 14.4 Å². The molecule has 6 N–H and O–H groups in total. The Morgan fingerprint density at radius 2 is 1.50 bits per heavy atom. The van der Waals surface area contributed by atoms with Crippen molar-refractivity contribution in [3.05, 3.63) is 0 Å². The normalized spacial score (nSPS) is 13.9. The third-order valence-electron chi connectivity index (χ3n) is 4.00. The van der Waals surface area contributed by atoms with Gasteiger partial charge in [-0.3, -0.25) is 14.4 Å². The molecule has 0 spiro atoms. The summed E-state index contributed by atoms with van der Waals surface area (Å²) < 4.78 is 0. The van der Waals surface area contributed by atoms with Gasteiger partial charge in [0.05, 0.1) is 12.1 Å². The molecule has 0 aromatic carbocycles. The molecule has 0 aromatic heterocycles. The number of carbonyl (C=O) groups excluding carboxylic acids is 3. The molecular formula is C20H43N5O3. The molecule has 0 bridgehead atoms. The molecule has 0 rings (SSSR count). The average Bonchev–Trinajstić information content (AvgIpc) is 2.59. The minimum atomic E-state index is -0.576. The summed E-state index contributed by atoms with van der Waals surface area (Å²) in [4.78, 5) is 33.9. The van der Waals surface area contributed by atoms with Crippen LogP contribution in [0.5, 0.6) is 0 Å². The van der Waals surface area contributed by atoms with E-state index in [9.17, 15) is 14.4 Å². The predicted octanol–water partition coefficient (Wildman–Crippen LogP) is 0.900. The van der Waals surface area contributed by atoms with Gasteiger partial charge in [-0.25, -0.2) is 0 Å². The van der Waals surface area contributed by atoms with Gasteiger partial charge in [0.25, 0.3) is 0 Å². The molecule has 0 unspecified atom stereocenters. The highest BCUT2D eigenvalue weighted by Gasteiger charge is 2.21. The number of hydrogen-bond donors (Lipinski definition) is 5. The van der Waals surface area contributed by atoms with Crippen molar-refractivity contribution in [1.82, 2.24) is 21.3 Å². The molecule has 3 amide bonds. The van der Waals surface area contributed by atoms with E-state index in [1.165, 1.54) is 0 Å². The zero-order chi connectivity index (χ0) is 22.3. The van der Waals surface area contributed by atoms with Crippen LogP contribution in [0.4, 0.5) is 0 Å². The minimum Gasteiger partial charge on any atom is -0.368 e. The summed E-state index contributed by atoms with van der Waals surface area (Å²) in [5.74, 6) is -0.280. The Kier molecular flexibility index (Phi) is 16.6. The Bertz CT molecular complexity index is 455. The molecule has 0 aliphatic heterocycles. The summed E-state index contributed by atoms with van der Waals surface area (Å²) in [5, 5.41) is 11.5. The number of amides is 3. The minimum absolute atomic E-state index is 0.0862. The second-order valence-corrected chi connectivity index (χ2v) is 7.79. The van der Waals surface area contributed by atoms with Crippen LogP contribution in [-0.2, 0) is 14.4 Å². The molecule has 0 fully saturated rings. The first-order valence-corrected chi connectivity index (χ1v) is 10.3. The first-order valence-electron chi connectivity index (χ1n) is 10.3. The lowest BCUT2D eigenvalue weighted by Crippen LogP contribution is -2.50. The molecule has 0 saturated heterocycles. The highest BCUT2D eigenvalue weighted by Crippen LogP contribution is 2.04. The van der Waals surface area contributed by atoms with Gasteiger partial charge < -0.3 is 27.0 Å². The van der Waals surface area contributed by atoms with E-state index >= 15 is 0 Å². The number of nitrogens with one attached hydrogen (secondary N) is 4. The van der Waals surface area contributed by atoms with E-state index in [-0.39, 0.29) is 23.9 Å². The molecular weight excluding hydrogens is 358 g/mol. The first-order chi connectivity index (χ1) is 13.0. The molecule has 0 aliphatic rings. The molecule has 0 radical (unpaired) electrons. The van der Waals surface area contributed by atoms with Crippen LogP contribution in [0.15, 0.2) is 0 Å². The van der Waals surface area contributed by atoms with Crippen LogP contribution in [-0.4, -0.2) is 55.5 Å². The van der Waals surface area contributed by atoms with Gasteiger partial charge in [-0.05, 0) is 39.7 Å². The van der Waals surface area contributed by atoms with Crippen molar-refractivity contribution in [1.29, 1.82) is 0 Å². The van der Waals surface area contributed by atoms with E-state index in [1.54, 1.807) is 14.0 Å². The topological polar surface area (TPSA) is 125 Å². The van der Waals surface area contributed by atoms with Crippen molar-refractivity contribution in [3.8, 4) is 0 Å². The Morgan fingerprint density at radius 3 is 1.89 bits per heavy atom. The van der Waals surface area contributed by atoms with Crippen molar-refractivity contribution in [2.24, 2.45) is 11.7 Å². The Labute approximate surface area is 171 Å². The summed E-state index contributed by atoms with van der Waals surface area (Å²) >= 11 is 0. The van der Waals surface area contributed by atoms with Gasteiger partial charge in [0.2, 0.25) is 17.7 Å². The second kappa shape index (κ2) is 16.3. The van der Waals surface area contributed by atoms with Crippen molar-refractivity contribution in [2.75, 3.05) is 13.6 Å². The maximum atomic E-state index is 11.5. The quantitative estimate of drug-likeness (QED) is 0.311. The lowest BCUT2D eigenvalue weighted by Gasteiger charge is -2.19. The van der Waals surface area contributed by atoms with E-state index < -0.39 is 11.9 Å². The van der Waals surface area contributed by atoms with E-state index in [2.05, 4.69) is 28.2 Å². The number of carbonyl (C=O) groups is 3. The van der Waals surface area contributed by atoms with Crippen LogP contribution in [0, 0.1) is 5.92 Å².